The van der Waals surface area contributed by atoms with Crippen LogP contribution in [0.2, 0.25) is 0 Å². The number of hydrogen-bond acceptors (Lipinski definition) is 6. The van der Waals surface area contributed by atoms with Gasteiger partial charge in [-0.1, -0.05) is 12.1 Å². The highest BCUT2D eigenvalue weighted by Crippen LogP contribution is 2.27. The molecule has 1 fully saturated rings. The lowest BCUT2D eigenvalue weighted by Gasteiger charge is -2.38. The van der Waals surface area contributed by atoms with Crippen molar-refractivity contribution in [1.29, 1.82) is 0 Å². The van der Waals surface area contributed by atoms with Crippen LogP contribution in [-0.4, -0.2) is 60.6 Å². The standard InChI is InChI=1S/C21H20IN5O4/c1-13-6-7-14(31-19-18(21(29)30)16(22)8-9-23-19)12-26(13)20(28)15-4-2-3-5-17(15)27-24-10-11-25-27/h2-5,8-11,13-14H,6-7,12H2,1H3,(H,29,30)/t13-,14-/m1/s1. The summed E-state index contributed by atoms with van der Waals surface area (Å²) in [6, 6.07) is 8.81. The molecule has 0 radical (unpaired) electrons. The van der Waals surface area contributed by atoms with Gasteiger partial charge < -0.3 is 14.7 Å². The van der Waals surface area contributed by atoms with E-state index >= 15 is 0 Å². The summed E-state index contributed by atoms with van der Waals surface area (Å²) in [5.41, 5.74) is 1.12. The van der Waals surface area contributed by atoms with Gasteiger partial charge in [0.2, 0.25) is 5.88 Å². The number of ether oxygens (including phenoxy) is 1. The topological polar surface area (TPSA) is 110 Å². The predicted octanol–water partition coefficient (Wildman–Crippen LogP) is 3.04. The second-order valence-corrected chi connectivity index (χ2v) is 8.40. The fourth-order valence-corrected chi connectivity index (χ4v) is 4.26. The number of carboxylic acid groups (broad SMARTS) is 1. The molecule has 3 aromatic rings. The van der Waals surface area contributed by atoms with Crippen molar-refractivity contribution in [1.82, 2.24) is 24.9 Å². The Morgan fingerprint density at radius 1 is 1.13 bits per heavy atom. The Morgan fingerprint density at radius 3 is 2.61 bits per heavy atom. The molecule has 1 aliphatic rings. The van der Waals surface area contributed by atoms with Crippen LogP contribution in [0.4, 0.5) is 0 Å². The van der Waals surface area contributed by atoms with Crippen LogP contribution < -0.4 is 4.74 Å². The maximum atomic E-state index is 13.4. The first-order valence-corrected chi connectivity index (χ1v) is 10.8. The van der Waals surface area contributed by atoms with Crippen LogP contribution in [0.15, 0.2) is 48.9 Å². The summed E-state index contributed by atoms with van der Waals surface area (Å²) < 4.78 is 6.52. The number of amides is 1. The van der Waals surface area contributed by atoms with Gasteiger partial charge in [0.1, 0.15) is 11.7 Å². The molecule has 2 atom stereocenters. The number of rotatable bonds is 5. The number of halogens is 1. The zero-order valence-electron chi connectivity index (χ0n) is 16.7. The van der Waals surface area contributed by atoms with Crippen LogP contribution in [0.3, 0.4) is 0 Å². The lowest BCUT2D eigenvalue weighted by atomic mass is 9.99. The number of para-hydroxylation sites is 1. The van der Waals surface area contributed by atoms with Gasteiger partial charge in [0.15, 0.2) is 0 Å². The summed E-state index contributed by atoms with van der Waals surface area (Å²) in [6.45, 7) is 2.32. The summed E-state index contributed by atoms with van der Waals surface area (Å²) in [5, 5.41) is 17.8. The van der Waals surface area contributed by atoms with Crippen molar-refractivity contribution in [3.8, 4) is 11.6 Å². The molecular weight excluding hydrogens is 513 g/mol. The number of carbonyl (C=O) groups excluding carboxylic acids is 1. The van der Waals surface area contributed by atoms with Crippen molar-refractivity contribution >= 4 is 34.5 Å². The third-order valence-corrected chi connectivity index (χ3v) is 6.12. The lowest BCUT2D eigenvalue weighted by Crippen LogP contribution is -2.49. The van der Waals surface area contributed by atoms with E-state index in [9.17, 15) is 14.7 Å². The third kappa shape index (κ3) is 4.38. The zero-order chi connectivity index (χ0) is 22.0. The number of pyridine rings is 1. The van der Waals surface area contributed by atoms with E-state index in [1.54, 1.807) is 41.6 Å². The summed E-state index contributed by atoms with van der Waals surface area (Å²) in [4.78, 5) is 32.4. The summed E-state index contributed by atoms with van der Waals surface area (Å²) >= 11 is 1.95. The first-order valence-electron chi connectivity index (χ1n) is 9.77. The number of carboxylic acids is 1. The number of nitrogens with zero attached hydrogens (tertiary/aromatic N) is 5. The molecule has 10 heteroatoms. The molecule has 9 nitrogen and oxygen atoms in total. The van der Waals surface area contributed by atoms with Gasteiger partial charge in [0, 0.05) is 15.8 Å². The summed E-state index contributed by atoms with van der Waals surface area (Å²) in [6.07, 6.45) is 5.69. The molecule has 31 heavy (non-hydrogen) atoms. The van der Waals surface area contributed by atoms with Crippen molar-refractivity contribution in [2.24, 2.45) is 0 Å². The van der Waals surface area contributed by atoms with E-state index in [1.165, 1.54) is 11.0 Å². The molecular formula is C21H20IN5O4. The van der Waals surface area contributed by atoms with Crippen molar-refractivity contribution in [2.45, 2.75) is 31.9 Å². The average molecular weight is 533 g/mol. The molecule has 1 amide bonds. The molecule has 0 saturated carbocycles. The smallest absolute Gasteiger partial charge is 0.342 e. The minimum atomic E-state index is -1.09. The van der Waals surface area contributed by atoms with Gasteiger partial charge in [0.05, 0.1) is 30.2 Å². The normalized spacial score (nSPS) is 18.6. The lowest BCUT2D eigenvalue weighted by molar-refractivity contribution is 0.0362. The molecule has 160 valence electrons. The van der Waals surface area contributed by atoms with E-state index in [0.29, 0.717) is 27.8 Å². The van der Waals surface area contributed by atoms with E-state index in [1.807, 2.05) is 35.6 Å². The van der Waals surface area contributed by atoms with E-state index in [0.717, 1.165) is 6.42 Å². The van der Waals surface area contributed by atoms with Gasteiger partial charge in [-0.2, -0.15) is 15.0 Å². The molecule has 4 rings (SSSR count). The fourth-order valence-electron chi connectivity index (χ4n) is 3.64. The van der Waals surface area contributed by atoms with Crippen molar-refractivity contribution in [3.63, 3.8) is 0 Å². The van der Waals surface area contributed by atoms with Gasteiger partial charge in [-0.25, -0.2) is 9.78 Å². The minimum absolute atomic E-state index is 0.00815. The first kappa shape index (κ1) is 21.2. The molecule has 0 aliphatic carbocycles. The molecule has 1 N–H and O–H groups in total. The third-order valence-electron chi connectivity index (χ3n) is 5.23. The number of aromatic nitrogens is 4. The molecule has 1 saturated heterocycles. The van der Waals surface area contributed by atoms with Crippen LogP contribution in [0.25, 0.3) is 5.69 Å². The Morgan fingerprint density at radius 2 is 1.87 bits per heavy atom. The molecule has 0 spiro atoms. The maximum absolute atomic E-state index is 13.4. The molecule has 1 aliphatic heterocycles. The van der Waals surface area contributed by atoms with Gasteiger partial charge in [0.25, 0.3) is 5.91 Å². The van der Waals surface area contributed by atoms with E-state index in [2.05, 4.69) is 15.2 Å². The van der Waals surface area contributed by atoms with Crippen molar-refractivity contribution in [3.05, 3.63) is 63.6 Å². The Labute approximate surface area is 192 Å². The molecule has 1 aromatic carbocycles. The van der Waals surface area contributed by atoms with E-state index < -0.39 is 5.97 Å². The SMILES string of the molecule is C[C@@H]1CC[C@@H](Oc2nccc(I)c2C(=O)O)CN1C(=O)c1ccccc1-n1nccn1. The second kappa shape index (κ2) is 9.00. The number of piperidine rings is 1. The van der Waals surface area contributed by atoms with Gasteiger partial charge in [-0.05, 0) is 60.6 Å². The molecule has 0 bridgehead atoms. The number of benzene rings is 1. The average Bonchev–Trinajstić information content (AvgIpc) is 3.29. The monoisotopic (exact) mass is 533 g/mol. The highest BCUT2D eigenvalue weighted by molar-refractivity contribution is 14.1. The van der Waals surface area contributed by atoms with Gasteiger partial charge in [-0.15, -0.1) is 0 Å². The summed E-state index contributed by atoms with van der Waals surface area (Å²) in [7, 11) is 0. The Balaban J connectivity index is 1.58. The van der Waals surface area contributed by atoms with Crippen LogP contribution in [0, 0.1) is 3.57 Å². The minimum Gasteiger partial charge on any atom is -0.477 e. The van der Waals surface area contributed by atoms with Crippen molar-refractivity contribution < 1.29 is 19.4 Å². The quantitative estimate of drug-likeness (QED) is 0.502. The van der Waals surface area contributed by atoms with Crippen molar-refractivity contribution in [2.75, 3.05) is 6.54 Å². The predicted molar refractivity (Wildman–Crippen MR) is 119 cm³/mol. The van der Waals surface area contributed by atoms with E-state index in [4.69, 9.17) is 4.74 Å². The largest absolute Gasteiger partial charge is 0.477 e. The Bertz CT molecular complexity index is 1100. The number of carbonyl (C=O) groups is 2. The number of aromatic carboxylic acids is 1. The first-order chi connectivity index (χ1) is 15.0. The van der Waals surface area contributed by atoms with Gasteiger partial charge in [-0.3, -0.25) is 4.79 Å². The second-order valence-electron chi connectivity index (χ2n) is 7.24. The van der Waals surface area contributed by atoms with Crippen LogP contribution >= 0.6 is 22.6 Å². The molecule has 2 aromatic heterocycles. The van der Waals surface area contributed by atoms with Gasteiger partial charge >= 0.3 is 5.97 Å². The Kier molecular flexibility index (Phi) is 6.16. The maximum Gasteiger partial charge on any atom is 0.342 e. The number of likely N-dealkylation sites (tertiary alicyclic amines) is 1. The highest BCUT2D eigenvalue weighted by atomic mass is 127. The number of hydrogen-bond donors (Lipinski definition) is 1. The van der Waals surface area contributed by atoms with E-state index in [-0.39, 0.29) is 29.5 Å². The van der Waals surface area contributed by atoms with Crippen LogP contribution in [0.1, 0.15) is 40.5 Å². The highest BCUT2D eigenvalue weighted by Gasteiger charge is 2.33. The Hall–Kier alpha value is -3.02. The molecule has 3 heterocycles. The fraction of sp³-hybridized carbons (Fsp3) is 0.286. The van der Waals surface area contributed by atoms with Crippen LogP contribution in [0.5, 0.6) is 5.88 Å². The zero-order valence-corrected chi connectivity index (χ0v) is 18.8. The summed E-state index contributed by atoms with van der Waals surface area (Å²) in [5.74, 6) is -1.17. The molecule has 0 unspecified atom stereocenters. The van der Waals surface area contributed by atoms with Crippen LogP contribution in [-0.2, 0) is 0 Å².